The topological polar surface area (TPSA) is 84.0 Å². The summed E-state index contributed by atoms with van der Waals surface area (Å²) in [4.78, 5) is 30.8. The normalized spacial score (nSPS) is 9.56. The quantitative estimate of drug-likeness (QED) is 0.834. The number of rotatable bonds is 2. The number of nitrogens with one attached hydrogen (secondary N) is 2. The van der Waals surface area contributed by atoms with Crippen LogP contribution in [0.2, 0.25) is 0 Å². The van der Waals surface area contributed by atoms with Gasteiger partial charge >= 0.3 is 6.03 Å². The average molecular weight is 242 g/mol. The van der Waals surface area contributed by atoms with Crippen LogP contribution in [0.15, 0.2) is 48.9 Å². The van der Waals surface area contributed by atoms with E-state index in [-0.39, 0.29) is 5.82 Å². The van der Waals surface area contributed by atoms with Crippen molar-refractivity contribution in [1.82, 2.24) is 15.3 Å². The van der Waals surface area contributed by atoms with Crippen LogP contribution in [-0.2, 0) is 0 Å². The van der Waals surface area contributed by atoms with Crippen molar-refractivity contribution >= 4 is 17.8 Å². The fraction of sp³-hybridized carbons (Fsp3) is 0. The minimum atomic E-state index is -0.649. The largest absolute Gasteiger partial charge is 0.327 e. The average Bonchev–Trinajstić information content (AvgIpc) is 2.40. The van der Waals surface area contributed by atoms with Gasteiger partial charge in [0.2, 0.25) is 0 Å². The molecule has 0 unspecified atom stereocenters. The lowest BCUT2D eigenvalue weighted by atomic mass is 10.2. The zero-order chi connectivity index (χ0) is 12.8. The van der Waals surface area contributed by atoms with Crippen molar-refractivity contribution in [3.05, 3.63) is 54.5 Å². The van der Waals surface area contributed by atoms with Gasteiger partial charge in [-0.25, -0.2) is 9.78 Å². The number of aromatic nitrogens is 2. The van der Waals surface area contributed by atoms with Crippen LogP contribution in [0.1, 0.15) is 10.4 Å². The molecule has 18 heavy (non-hydrogen) atoms. The van der Waals surface area contributed by atoms with E-state index in [4.69, 9.17) is 0 Å². The first kappa shape index (κ1) is 11.7. The van der Waals surface area contributed by atoms with Crippen molar-refractivity contribution in [2.75, 3.05) is 5.32 Å². The van der Waals surface area contributed by atoms with Gasteiger partial charge < -0.3 is 0 Å². The van der Waals surface area contributed by atoms with Gasteiger partial charge in [-0.2, -0.15) is 0 Å². The maximum absolute atomic E-state index is 11.6. The fourth-order valence-corrected chi connectivity index (χ4v) is 1.28. The van der Waals surface area contributed by atoms with Crippen LogP contribution in [0.4, 0.5) is 10.6 Å². The molecule has 1 aromatic heterocycles. The number of carbonyl (C=O) groups excluding carboxylic acids is 2. The number of hydrogen-bond donors (Lipinski definition) is 2. The molecule has 0 aliphatic rings. The summed E-state index contributed by atoms with van der Waals surface area (Å²) in [5.41, 5.74) is 0.409. The van der Waals surface area contributed by atoms with Crippen molar-refractivity contribution in [3.63, 3.8) is 0 Å². The van der Waals surface area contributed by atoms with E-state index in [9.17, 15) is 9.59 Å². The molecular weight excluding hydrogens is 232 g/mol. The number of imide groups is 1. The van der Waals surface area contributed by atoms with Gasteiger partial charge in [0.25, 0.3) is 5.91 Å². The van der Waals surface area contributed by atoms with Gasteiger partial charge in [-0.15, -0.1) is 0 Å². The monoisotopic (exact) mass is 242 g/mol. The van der Waals surface area contributed by atoms with Crippen molar-refractivity contribution in [3.8, 4) is 0 Å². The van der Waals surface area contributed by atoms with Crippen LogP contribution < -0.4 is 10.6 Å². The molecule has 90 valence electrons. The van der Waals surface area contributed by atoms with E-state index >= 15 is 0 Å². The highest BCUT2D eigenvalue weighted by molar-refractivity contribution is 6.07. The fourth-order valence-electron chi connectivity index (χ4n) is 1.28. The lowest BCUT2D eigenvalue weighted by molar-refractivity contribution is 0.0967. The molecule has 0 fully saturated rings. The first-order valence-electron chi connectivity index (χ1n) is 5.19. The van der Waals surface area contributed by atoms with E-state index in [1.54, 1.807) is 30.3 Å². The Labute approximate surface area is 103 Å². The number of anilines is 1. The van der Waals surface area contributed by atoms with E-state index in [1.165, 1.54) is 18.6 Å². The van der Waals surface area contributed by atoms with E-state index in [2.05, 4.69) is 20.6 Å². The second-order valence-corrected chi connectivity index (χ2v) is 3.36. The minimum absolute atomic E-state index is 0.274. The Balaban J connectivity index is 1.94. The van der Waals surface area contributed by atoms with Crippen LogP contribution in [0, 0.1) is 0 Å². The van der Waals surface area contributed by atoms with Gasteiger partial charge in [0.15, 0.2) is 5.82 Å². The Bertz CT molecular complexity index is 543. The molecule has 0 atom stereocenters. The van der Waals surface area contributed by atoms with Crippen LogP contribution in [-0.4, -0.2) is 21.9 Å². The van der Waals surface area contributed by atoms with Crippen molar-refractivity contribution < 1.29 is 9.59 Å². The van der Waals surface area contributed by atoms with Crippen molar-refractivity contribution in [2.24, 2.45) is 0 Å². The van der Waals surface area contributed by atoms with E-state index in [0.29, 0.717) is 5.56 Å². The highest BCUT2D eigenvalue weighted by atomic mass is 16.2. The molecule has 6 heteroatoms. The molecule has 0 aliphatic heterocycles. The van der Waals surface area contributed by atoms with E-state index in [0.717, 1.165) is 0 Å². The predicted octanol–water partition coefficient (Wildman–Crippen LogP) is 1.44. The third-order valence-electron chi connectivity index (χ3n) is 2.07. The zero-order valence-electron chi connectivity index (χ0n) is 9.33. The molecule has 1 heterocycles. The highest BCUT2D eigenvalue weighted by Crippen LogP contribution is 1.99. The number of nitrogens with zero attached hydrogens (tertiary/aromatic N) is 2. The van der Waals surface area contributed by atoms with Gasteiger partial charge in [0.1, 0.15) is 0 Å². The molecule has 0 spiro atoms. The lowest BCUT2D eigenvalue weighted by Crippen LogP contribution is -2.34. The smallest absolute Gasteiger partial charge is 0.291 e. The summed E-state index contributed by atoms with van der Waals surface area (Å²) in [5.74, 6) is -0.201. The van der Waals surface area contributed by atoms with Crippen LogP contribution in [0.25, 0.3) is 0 Å². The molecule has 0 saturated heterocycles. The summed E-state index contributed by atoms with van der Waals surface area (Å²) in [7, 11) is 0. The Morgan fingerprint density at radius 2 is 1.83 bits per heavy atom. The summed E-state index contributed by atoms with van der Waals surface area (Å²) in [6.07, 6.45) is 4.30. The highest BCUT2D eigenvalue weighted by Gasteiger charge is 2.09. The predicted molar refractivity (Wildman–Crippen MR) is 65.0 cm³/mol. The summed E-state index contributed by atoms with van der Waals surface area (Å²) in [6, 6.07) is 7.81. The van der Waals surface area contributed by atoms with Crippen LogP contribution in [0.5, 0.6) is 0 Å². The molecule has 0 saturated carbocycles. The van der Waals surface area contributed by atoms with Gasteiger partial charge in [-0.3, -0.25) is 20.4 Å². The summed E-state index contributed by atoms with van der Waals surface area (Å²) in [5, 5.41) is 4.59. The molecule has 3 amide bonds. The molecule has 6 nitrogen and oxygen atoms in total. The second-order valence-electron chi connectivity index (χ2n) is 3.36. The lowest BCUT2D eigenvalue weighted by Gasteiger charge is -2.05. The van der Waals surface area contributed by atoms with Crippen molar-refractivity contribution in [2.45, 2.75) is 0 Å². The number of urea groups is 1. The van der Waals surface area contributed by atoms with Gasteiger partial charge in [0.05, 0.1) is 6.20 Å². The first-order chi connectivity index (χ1) is 8.75. The third kappa shape index (κ3) is 3.11. The van der Waals surface area contributed by atoms with Crippen LogP contribution in [0.3, 0.4) is 0 Å². The second kappa shape index (κ2) is 5.53. The molecule has 0 bridgehead atoms. The standard InChI is InChI=1S/C12H10N4O2/c17-11(9-4-2-1-3-5-9)16-12(18)15-10-8-13-6-7-14-10/h1-8H,(H2,14,15,16,17,18). The summed E-state index contributed by atoms with van der Waals surface area (Å²) < 4.78 is 0. The third-order valence-corrected chi connectivity index (χ3v) is 2.07. The molecule has 0 aliphatic carbocycles. The number of benzene rings is 1. The molecule has 0 radical (unpaired) electrons. The summed E-state index contributed by atoms with van der Waals surface area (Å²) >= 11 is 0. The van der Waals surface area contributed by atoms with Crippen molar-refractivity contribution in [1.29, 1.82) is 0 Å². The Morgan fingerprint density at radius 3 is 2.50 bits per heavy atom. The Hall–Kier alpha value is -2.76. The molecule has 2 rings (SSSR count). The molecule has 2 aromatic rings. The number of hydrogen-bond acceptors (Lipinski definition) is 4. The number of amides is 3. The Kier molecular flexibility index (Phi) is 3.60. The number of carbonyl (C=O) groups is 2. The maximum atomic E-state index is 11.6. The SMILES string of the molecule is O=C(NC(=O)c1ccccc1)Nc1cnccn1. The maximum Gasteiger partial charge on any atom is 0.327 e. The first-order valence-corrected chi connectivity index (χ1v) is 5.19. The van der Waals surface area contributed by atoms with Gasteiger partial charge in [-0.05, 0) is 12.1 Å². The van der Waals surface area contributed by atoms with Gasteiger partial charge in [-0.1, -0.05) is 18.2 Å². The molecule has 2 N–H and O–H groups in total. The van der Waals surface area contributed by atoms with Gasteiger partial charge in [0, 0.05) is 18.0 Å². The summed E-state index contributed by atoms with van der Waals surface area (Å²) in [6.45, 7) is 0. The Morgan fingerprint density at radius 1 is 1.06 bits per heavy atom. The van der Waals surface area contributed by atoms with E-state index < -0.39 is 11.9 Å². The van der Waals surface area contributed by atoms with Crippen LogP contribution >= 0.6 is 0 Å². The zero-order valence-corrected chi connectivity index (χ0v) is 9.33. The molecule has 1 aromatic carbocycles. The minimum Gasteiger partial charge on any atom is -0.291 e. The molecular formula is C12H10N4O2. The van der Waals surface area contributed by atoms with E-state index in [1.807, 2.05) is 0 Å².